The highest BCUT2D eigenvalue weighted by atomic mass is 16.3. The van der Waals surface area contributed by atoms with E-state index in [4.69, 9.17) is 15.9 Å². The maximum atomic E-state index is 12.5. The minimum Gasteiger partial charge on any atom is -0.454 e. The molecule has 1 amide bonds. The van der Waals surface area contributed by atoms with E-state index in [0.717, 1.165) is 12.0 Å². The number of rotatable bonds is 2. The van der Waals surface area contributed by atoms with Gasteiger partial charge in [0.05, 0.1) is 10.9 Å². The highest BCUT2D eigenvalue weighted by molar-refractivity contribution is 6.00. The first-order valence-corrected chi connectivity index (χ1v) is 6.47. The summed E-state index contributed by atoms with van der Waals surface area (Å²) in [7, 11) is 0. The third-order valence-corrected chi connectivity index (χ3v) is 3.41. The Morgan fingerprint density at radius 2 is 2.05 bits per heavy atom. The van der Waals surface area contributed by atoms with Crippen molar-refractivity contribution in [1.29, 1.82) is 0 Å². The largest absolute Gasteiger partial charge is 0.454 e. The van der Waals surface area contributed by atoms with E-state index >= 15 is 0 Å². The molecule has 3 aromatic rings. The number of hydrogen-bond acceptors (Lipinski definition) is 5. The molecule has 0 aliphatic carbocycles. The molecule has 0 bridgehead atoms. The number of carbonyl (C=O) groups excluding carboxylic acids is 1. The fraction of sp³-hybridized carbons (Fsp3) is 0.133. The van der Waals surface area contributed by atoms with E-state index in [2.05, 4.69) is 4.98 Å². The van der Waals surface area contributed by atoms with Gasteiger partial charge in [0, 0.05) is 0 Å². The number of carbonyl (C=O) groups is 1. The summed E-state index contributed by atoms with van der Waals surface area (Å²) in [6.45, 7) is 2.00. The third kappa shape index (κ3) is 2.01. The van der Waals surface area contributed by atoms with Gasteiger partial charge in [-0.3, -0.25) is 9.59 Å². The maximum Gasteiger partial charge on any atom is 0.252 e. The number of nitrogen functional groups attached to an aromatic ring is 1. The first-order chi connectivity index (χ1) is 10.0. The summed E-state index contributed by atoms with van der Waals surface area (Å²) in [4.78, 5) is 27.7. The van der Waals surface area contributed by atoms with Gasteiger partial charge >= 0.3 is 0 Å². The number of fused-ring (bicyclic) bond motifs is 2. The van der Waals surface area contributed by atoms with E-state index in [-0.39, 0.29) is 27.9 Å². The van der Waals surface area contributed by atoms with Crippen molar-refractivity contribution >= 4 is 33.8 Å². The van der Waals surface area contributed by atoms with Crippen LogP contribution in [0.1, 0.15) is 22.8 Å². The molecule has 0 aliphatic heterocycles. The molecular weight excluding hydrogens is 270 g/mol. The molecule has 0 unspecified atom stereocenters. The second-order valence-electron chi connectivity index (χ2n) is 4.75. The number of nitrogens with zero attached hydrogens (tertiary/aromatic N) is 1. The molecule has 1 aromatic carbocycles. The third-order valence-electron chi connectivity index (χ3n) is 3.41. The van der Waals surface area contributed by atoms with Crippen molar-refractivity contribution in [2.75, 3.05) is 5.73 Å². The van der Waals surface area contributed by atoms with Gasteiger partial charge in [0.2, 0.25) is 5.43 Å². The standard InChI is InChI=1S/C15H13N3O3/c1-2-7-3-4-10-8(5-7)13(19)12-11(21-10)6-9(15(17)20)14(16)18-12/h3-6H,2H2,1H3,(H2,16,18)(H2,17,20). The number of amides is 1. The molecule has 4 N–H and O–H groups in total. The summed E-state index contributed by atoms with van der Waals surface area (Å²) >= 11 is 0. The average molecular weight is 283 g/mol. The Morgan fingerprint density at radius 1 is 1.29 bits per heavy atom. The number of nitrogens with two attached hydrogens (primary N) is 2. The van der Waals surface area contributed by atoms with Crippen LogP contribution in [0.2, 0.25) is 0 Å². The van der Waals surface area contributed by atoms with E-state index in [0.29, 0.717) is 11.0 Å². The van der Waals surface area contributed by atoms with Gasteiger partial charge < -0.3 is 15.9 Å². The molecule has 2 aromatic heterocycles. The zero-order valence-electron chi connectivity index (χ0n) is 11.3. The molecule has 0 saturated heterocycles. The van der Waals surface area contributed by atoms with Gasteiger partial charge in [0.25, 0.3) is 5.91 Å². The zero-order chi connectivity index (χ0) is 15.1. The van der Waals surface area contributed by atoms with Crippen LogP contribution in [0.3, 0.4) is 0 Å². The number of pyridine rings is 1. The van der Waals surface area contributed by atoms with Gasteiger partial charge in [-0.15, -0.1) is 0 Å². The maximum absolute atomic E-state index is 12.5. The lowest BCUT2D eigenvalue weighted by Gasteiger charge is -2.05. The summed E-state index contributed by atoms with van der Waals surface area (Å²) in [5.74, 6) is -0.792. The van der Waals surface area contributed by atoms with Crippen LogP contribution < -0.4 is 16.9 Å². The molecule has 0 fully saturated rings. The number of anilines is 1. The minimum absolute atomic E-state index is 0.0372. The topological polar surface area (TPSA) is 112 Å². The van der Waals surface area contributed by atoms with Crippen molar-refractivity contribution in [3.63, 3.8) is 0 Å². The van der Waals surface area contributed by atoms with E-state index in [1.807, 2.05) is 13.0 Å². The van der Waals surface area contributed by atoms with Crippen molar-refractivity contribution < 1.29 is 9.21 Å². The van der Waals surface area contributed by atoms with Crippen LogP contribution in [0.25, 0.3) is 22.1 Å². The normalized spacial score (nSPS) is 11.1. The summed E-state index contributed by atoms with van der Waals surface area (Å²) in [5, 5.41) is 0.445. The van der Waals surface area contributed by atoms with Gasteiger partial charge in [0.15, 0.2) is 11.1 Å². The quantitative estimate of drug-likeness (QED) is 0.693. The molecule has 106 valence electrons. The first-order valence-electron chi connectivity index (χ1n) is 6.47. The van der Waals surface area contributed by atoms with E-state index in [1.54, 1.807) is 12.1 Å². The van der Waals surface area contributed by atoms with Crippen molar-refractivity contribution in [3.8, 4) is 0 Å². The summed E-state index contributed by atoms with van der Waals surface area (Å²) in [5.41, 5.74) is 12.4. The summed E-state index contributed by atoms with van der Waals surface area (Å²) in [6.07, 6.45) is 0.809. The van der Waals surface area contributed by atoms with Crippen molar-refractivity contribution in [2.24, 2.45) is 5.73 Å². The highest BCUT2D eigenvalue weighted by Gasteiger charge is 2.15. The number of aromatic nitrogens is 1. The fourth-order valence-corrected chi connectivity index (χ4v) is 2.26. The molecular formula is C15H13N3O3. The molecule has 0 saturated carbocycles. The first kappa shape index (κ1) is 13.1. The van der Waals surface area contributed by atoms with Gasteiger partial charge in [-0.05, 0) is 30.2 Å². The zero-order valence-corrected chi connectivity index (χ0v) is 11.3. The smallest absolute Gasteiger partial charge is 0.252 e. The van der Waals surface area contributed by atoms with Crippen LogP contribution in [-0.2, 0) is 6.42 Å². The average Bonchev–Trinajstić information content (AvgIpc) is 2.47. The molecule has 0 radical (unpaired) electrons. The number of benzene rings is 1. The Morgan fingerprint density at radius 3 is 2.71 bits per heavy atom. The predicted molar refractivity (Wildman–Crippen MR) is 80.1 cm³/mol. The lowest BCUT2D eigenvalue weighted by molar-refractivity contribution is 0.100. The van der Waals surface area contributed by atoms with Gasteiger partial charge in [-0.25, -0.2) is 4.98 Å². The van der Waals surface area contributed by atoms with Gasteiger partial charge in [-0.2, -0.15) is 0 Å². The highest BCUT2D eigenvalue weighted by Crippen LogP contribution is 2.21. The molecule has 3 rings (SSSR count). The van der Waals surface area contributed by atoms with E-state index < -0.39 is 5.91 Å². The van der Waals surface area contributed by atoms with Crippen molar-refractivity contribution in [3.05, 3.63) is 45.6 Å². The van der Waals surface area contributed by atoms with Crippen molar-refractivity contribution in [2.45, 2.75) is 13.3 Å². The lowest BCUT2D eigenvalue weighted by Crippen LogP contribution is -2.16. The monoisotopic (exact) mass is 283 g/mol. The van der Waals surface area contributed by atoms with Gasteiger partial charge in [0.1, 0.15) is 11.4 Å². The molecule has 0 spiro atoms. The number of hydrogen-bond donors (Lipinski definition) is 2. The Bertz CT molecular complexity index is 944. The number of aryl methyl sites for hydroxylation is 1. The Kier molecular flexibility index (Phi) is 2.86. The predicted octanol–water partition coefficient (Wildman–Crippen LogP) is 1.58. The SMILES string of the molecule is CCc1ccc2oc3cc(C(N)=O)c(N)nc3c(=O)c2c1. The molecule has 0 atom stereocenters. The van der Waals surface area contributed by atoms with E-state index in [1.165, 1.54) is 6.07 Å². The Labute approximate surface area is 119 Å². The Hall–Kier alpha value is -2.89. The van der Waals surface area contributed by atoms with Crippen LogP contribution in [0, 0.1) is 0 Å². The minimum atomic E-state index is -0.717. The van der Waals surface area contributed by atoms with Crippen LogP contribution in [-0.4, -0.2) is 10.9 Å². The van der Waals surface area contributed by atoms with Gasteiger partial charge in [-0.1, -0.05) is 13.0 Å². The lowest BCUT2D eigenvalue weighted by atomic mass is 10.1. The van der Waals surface area contributed by atoms with Crippen LogP contribution in [0.5, 0.6) is 0 Å². The van der Waals surface area contributed by atoms with Crippen LogP contribution >= 0.6 is 0 Å². The van der Waals surface area contributed by atoms with Crippen LogP contribution in [0.4, 0.5) is 5.82 Å². The summed E-state index contributed by atoms with van der Waals surface area (Å²) < 4.78 is 5.65. The molecule has 6 nitrogen and oxygen atoms in total. The fourth-order valence-electron chi connectivity index (χ4n) is 2.26. The van der Waals surface area contributed by atoms with Crippen LogP contribution in [0.15, 0.2) is 33.5 Å². The number of primary amides is 1. The second-order valence-corrected chi connectivity index (χ2v) is 4.75. The molecule has 2 heterocycles. The molecule has 6 heteroatoms. The second kappa shape index (κ2) is 4.59. The molecule has 21 heavy (non-hydrogen) atoms. The van der Waals surface area contributed by atoms with Crippen molar-refractivity contribution in [1.82, 2.24) is 4.98 Å². The molecule has 0 aliphatic rings. The van der Waals surface area contributed by atoms with E-state index in [9.17, 15) is 9.59 Å². The Balaban J connectivity index is 2.44. The summed E-state index contributed by atoms with van der Waals surface area (Å²) in [6, 6.07) is 6.75.